The molecule has 5 nitrogen and oxygen atoms in total. The van der Waals surface area contributed by atoms with Crippen LogP contribution in [-0.4, -0.2) is 36.0 Å². The lowest BCUT2D eigenvalue weighted by Crippen LogP contribution is -2.26. The van der Waals surface area contributed by atoms with Gasteiger partial charge in [-0.3, -0.25) is 10.1 Å². The minimum absolute atomic E-state index is 0.183. The summed E-state index contributed by atoms with van der Waals surface area (Å²) in [6, 6.07) is 5.07. The standard InChI is InChI=1S/C14H20BrN3O2/c1-2-17-6-5-11(10-17)8-16-9-12-7-13(15)3-4-14(12)18(19)20/h3-4,7,11,16H,2,5-6,8-10H2,1H3. The zero-order valence-electron chi connectivity index (χ0n) is 11.6. The smallest absolute Gasteiger partial charge is 0.273 e. The first-order valence-corrected chi connectivity index (χ1v) is 7.75. The van der Waals surface area contributed by atoms with Crippen molar-refractivity contribution in [2.24, 2.45) is 5.92 Å². The number of nitrogens with one attached hydrogen (secondary N) is 1. The lowest BCUT2D eigenvalue weighted by Gasteiger charge is -2.13. The van der Waals surface area contributed by atoms with Gasteiger partial charge in [0, 0.05) is 29.2 Å². The van der Waals surface area contributed by atoms with Crippen LogP contribution in [0, 0.1) is 16.0 Å². The Bertz CT molecular complexity index is 481. The molecule has 110 valence electrons. The highest BCUT2D eigenvalue weighted by Gasteiger charge is 2.21. The molecule has 0 aliphatic carbocycles. The van der Waals surface area contributed by atoms with E-state index in [1.807, 2.05) is 6.07 Å². The van der Waals surface area contributed by atoms with Crippen LogP contribution in [0.5, 0.6) is 0 Å². The van der Waals surface area contributed by atoms with Gasteiger partial charge in [0.25, 0.3) is 5.69 Å². The molecular weight excluding hydrogens is 322 g/mol. The molecule has 0 bridgehead atoms. The Labute approximate surface area is 127 Å². The molecular formula is C14H20BrN3O2. The summed E-state index contributed by atoms with van der Waals surface area (Å²) >= 11 is 3.36. The number of nitro benzene ring substituents is 1. The first-order valence-electron chi connectivity index (χ1n) is 6.96. The molecule has 6 heteroatoms. The van der Waals surface area contributed by atoms with Crippen molar-refractivity contribution < 1.29 is 4.92 Å². The lowest BCUT2D eigenvalue weighted by atomic mass is 10.1. The molecule has 1 N–H and O–H groups in total. The van der Waals surface area contributed by atoms with Crippen LogP contribution >= 0.6 is 15.9 Å². The zero-order chi connectivity index (χ0) is 14.5. The van der Waals surface area contributed by atoms with Gasteiger partial charge in [-0.1, -0.05) is 22.9 Å². The minimum atomic E-state index is -0.322. The third-order valence-corrected chi connectivity index (χ3v) is 4.30. The van der Waals surface area contributed by atoms with Crippen LogP contribution in [0.4, 0.5) is 5.69 Å². The molecule has 0 saturated carbocycles. The summed E-state index contributed by atoms with van der Waals surface area (Å²) in [5.41, 5.74) is 0.914. The van der Waals surface area contributed by atoms with Gasteiger partial charge in [-0.25, -0.2) is 0 Å². The number of hydrogen-bond donors (Lipinski definition) is 1. The molecule has 1 aromatic rings. The molecule has 1 atom stereocenters. The maximum atomic E-state index is 11.0. The topological polar surface area (TPSA) is 58.4 Å². The lowest BCUT2D eigenvalue weighted by molar-refractivity contribution is -0.385. The monoisotopic (exact) mass is 341 g/mol. The van der Waals surface area contributed by atoms with Crippen LogP contribution in [0.3, 0.4) is 0 Å². The summed E-state index contributed by atoms with van der Waals surface area (Å²) in [6.45, 7) is 7.04. The van der Waals surface area contributed by atoms with Gasteiger partial charge < -0.3 is 10.2 Å². The average molecular weight is 342 g/mol. The number of hydrogen-bond acceptors (Lipinski definition) is 4. The van der Waals surface area contributed by atoms with E-state index in [2.05, 4.69) is 33.1 Å². The maximum Gasteiger partial charge on any atom is 0.273 e. The third-order valence-electron chi connectivity index (χ3n) is 3.80. The molecule has 2 rings (SSSR count). The molecule has 20 heavy (non-hydrogen) atoms. The molecule has 0 spiro atoms. The van der Waals surface area contributed by atoms with Gasteiger partial charge in [0.2, 0.25) is 0 Å². The largest absolute Gasteiger partial charge is 0.312 e. The van der Waals surface area contributed by atoms with Crippen molar-refractivity contribution in [2.75, 3.05) is 26.2 Å². The number of halogens is 1. The van der Waals surface area contributed by atoms with Crippen molar-refractivity contribution in [3.63, 3.8) is 0 Å². The predicted octanol–water partition coefficient (Wildman–Crippen LogP) is 2.79. The average Bonchev–Trinajstić information content (AvgIpc) is 2.86. The van der Waals surface area contributed by atoms with E-state index in [1.54, 1.807) is 12.1 Å². The molecule has 1 fully saturated rings. The van der Waals surface area contributed by atoms with Crippen LogP contribution in [0.2, 0.25) is 0 Å². The van der Waals surface area contributed by atoms with E-state index in [0.29, 0.717) is 12.5 Å². The molecule has 0 radical (unpaired) electrons. The van der Waals surface area contributed by atoms with Crippen molar-refractivity contribution >= 4 is 21.6 Å². The summed E-state index contributed by atoms with van der Waals surface area (Å²) < 4.78 is 0.873. The van der Waals surface area contributed by atoms with E-state index in [1.165, 1.54) is 13.0 Å². The molecule has 1 aliphatic rings. The van der Waals surface area contributed by atoms with Gasteiger partial charge in [-0.15, -0.1) is 0 Å². The Hall–Kier alpha value is -0.980. The molecule has 1 aromatic carbocycles. The fraction of sp³-hybridized carbons (Fsp3) is 0.571. The Kier molecular flexibility index (Phi) is 5.51. The SMILES string of the molecule is CCN1CCC(CNCc2cc(Br)ccc2[N+](=O)[O-])C1. The highest BCUT2D eigenvalue weighted by atomic mass is 79.9. The second-order valence-electron chi connectivity index (χ2n) is 5.21. The van der Waals surface area contributed by atoms with Crippen molar-refractivity contribution in [3.05, 3.63) is 38.3 Å². The number of benzene rings is 1. The van der Waals surface area contributed by atoms with Crippen molar-refractivity contribution in [3.8, 4) is 0 Å². The van der Waals surface area contributed by atoms with Crippen LogP contribution in [-0.2, 0) is 6.54 Å². The summed E-state index contributed by atoms with van der Waals surface area (Å²) in [4.78, 5) is 13.1. The first kappa shape index (κ1) is 15.4. The second kappa shape index (κ2) is 7.15. The van der Waals surface area contributed by atoms with Gasteiger partial charge in [0.05, 0.1) is 4.92 Å². The van der Waals surface area contributed by atoms with E-state index in [9.17, 15) is 10.1 Å². The summed E-state index contributed by atoms with van der Waals surface area (Å²) in [5, 5.41) is 14.3. The van der Waals surface area contributed by atoms with Crippen LogP contribution in [0.1, 0.15) is 18.9 Å². The highest BCUT2D eigenvalue weighted by molar-refractivity contribution is 9.10. The van der Waals surface area contributed by atoms with E-state index in [4.69, 9.17) is 0 Å². The summed E-state index contributed by atoms with van der Waals surface area (Å²) in [7, 11) is 0. The second-order valence-corrected chi connectivity index (χ2v) is 6.12. The zero-order valence-corrected chi connectivity index (χ0v) is 13.2. The van der Waals surface area contributed by atoms with Crippen molar-refractivity contribution in [1.29, 1.82) is 0 Å². The third kappa shape index (κ3) is 4.01. The maximum absolute atomic E-state index is 11.0. The van der Waals surface area contributed by atoms with Crippen molar-refractivity contribution in [2.45, 2.75) is 19.9 Å². The minimum Gasteiger partial charge on any atom is -0.312 e. The Morgan fingerprint density at radius 2 is 2.35 bits per heavy atom. The predicted molar refractivity (Wildman–Crippen MR) is 82.7 cm³/mol. The molecule has 1 saturated heterocycles. The van der Waals surface area contributed by atoms with Crippen LogP contribution in [0.25, 0.3) is 0 Å². The summed E-state index contributed by atoms with van der Waals surface area (Å²) in [6.07, 6.45) is 1.21. The van der Waals surface area contributed by atoms with Gasteiger partial charge >= 0.3 is 0 Å². The fourth-order valence-electron chi connectivity index (χ4n) is 2.65. The first-order chi connectivity index (χ1) is 9.60. The van der Waals surface area contributed by atoms with E-state index in [-0.39, 0.29) is 10.6 Å². The normalized spacial score (nSPS) is 19.4. The quantitative estimate of drug-likeness (QED) is 0.638. The molecule has 1 heterocycles. The Morgan fingerprint density at radius 3 is 3.00 bits per heavy atom. The Balaban J connectivity index is 1.88. The van der Waals surface area contributed by atoms with Crippen LogP contribution < -0.4 is 5.32 Å². The summed E-state index contributed by atoms with van der Waals surface area (Å²) in [5.74, 6) is 0.654. The van der Waals surface area contributed by atoms with E-state index in [0.717, 1.165) is 29.7 Å². The van der Waals surface area contributed by atoms with Gasteiger partial charge in [-0.05, 0) is 44.1 Å². The molecule has 0 amide bonds. The number of likely N-dealkylation sites (tertiary alicyclic amines) is 1. The molecule has 1 unspecified atom stereocenters. The number of rotatable bonds is 6. The van der Waals surface area contributed by atoms with Crippen LogP contribution in [0.15, 0.2) is 22.7 Å². The highest BCUT2D eigenvalue weighted by Crippen LogP contribution is 2.23. The van der Waals surface area contributed by atoms with Crippen molar-refractivity contribution in [1.82, 2.24) is 10.2 Å². The fourth-order valence-corrected chi connectivity index (χ4v) is 3.06. The van der Waals surface area contributed by atoms with Gasteiger partial charge in [-0.2, -0.15) is 0 Å². The molecule has 1 aliphatic heterocycles. The van der Waals surface area contributed by atoms with E-state index >= 15 is 0 Å². The van der Waals surface area contributed by atoms with E-state index < -0.39 is 0 Å². The Morgan fingerprint density at radius 1 is 1.55 bits per heavy atom. The molecule has 0 aromatic heterocycles. The van der Waals surface area contributed by atoms with Gasteiger partial charge in [0.1, 0.15) is 0 Å². The number of nitro groups is 1. The van der Waals surface area contributed by atoms with Gasteiger partial charge in [0.15, 0.2) is 0 Å². The number of nitrogens with zero attached hydrogens (tertiary/aromatic N) is 2.